The zero-order valence-corrected chi connectivity index (χ0v) is 17.9. The maximum absolute atomic E-state index is 12.0. The van der Waals surface area contributed by atoms with Gasteiger partial charge in [-0.3, -0.25) is 9.59 Å². The van der Waals surface area contributed by atoms with Crippen LogP contribution < -0.4 is 10.6 Å². The molecule has 9 nitrogen and oxygen atoms in total. The molecule has 0 unspecified atom stereocenters. The van der Waals surface area contributed by atoms with Gasteiger partial charge in [0.25, 0.3) is 0 Å². The highest BCUT2D eigenvalue weighted by Gasteiger charge is 2.25. The lowest BCUT2D eigenvalue weighted by Crippen LogP contribution is -2.38. The first-order valence-corrected chi connectivity index (χ1v) is 10.4. The molecule has 1 saturated heterocycles. The van der Waals surface area contributed by atoms with Crippen LogP contribution in [0.5, 0.6) is 0 Å². The third-order valence-corrected chi connectivity index (χ3v) is 5.47. The minimum absolute atomic E-state index is 0.0553. The number of fused-ring (bicyclic) bond motifs is 1. The van der Waals surface area contributed by atoms with Crippen LogP contribution in [0.15, 0.2) is 55.9 Å². The number of hydrogen-bond acceptors (Lipinski definition) is 6. The van der Waals surface area contributed by atoms with Crippen LogP contribution >= 0.6 is 0 Å². The topological polar surface area (TPSA) is 105 Å². The van der Waals surface area contributed by atoms with Crippen LogP contribution in [0.4, 0.5) is 17.5 Å². The summed E-state index contributed by atoms with van der Waals surface area (Å²) in [5.41, 5.74) is 3.05. The second-order valence-corrected chi connectivity index (χ2v) is 7.67. The first-order valence-electron chi connectivity index (χ1n) is 10.4. The summed E-state index contributed by atoms with van der Waals surface area (Å²) in [6, 6.07) is 7.98. The number of anilines is 3. The van der Waals surface area contributed by atoms with E-state index in [2.05, 4.69) is 33.8 Å². The van der Waals surface area contributed by atoms with Crippen molar-refractivity contribution in [2.45, 2.75) is 25.8 Å². The highest BCUT2D eigenvalue weighted by molar-refractivity contribution is 6.02. The predicted molar refractivity (Wildman–Crippen MR) is 124 cm³/mol. The van der Waals surface area contributed by atoms with Gasteiger partial charge in [0.05, 0.1) is 6.33 Å². The maximum Gasteiger partial charge on any atom is 0.248 e. The Morgan fingerprint density at radius 2 is 1.94 bits per heavy atom. The molecule has 9 heteroatoms. The maximum atomic E-state index is 12.0. The molecule has 2 aromatic heterocycles. The van der Waals surface area contributed by atoms with E-state index in [0.29, 0.717) is 36.0 Å². The standard InChI is InChI=1S/C23H25N7O2/c1-4-18(31)26-21-20-22(28-23(27-21)25-16-8-6-7-15(3)13-16)30(14-24-20)17-9-11-29(12-10-17)19(32)5-2/h4-8,13-14,17H,1-2,9-12H2,3H3,(H2,25,26,27,28,31). The second-order valence-electron chi connectivity index (χ2n) is 7.67. The number of nitrogens with zero attached hydrogens (tertiary/aromatic N) is 5. The normalized spacial score (nSPS) is 14.2. The zero-order chi connectivity index (χ0) is 22.7. The van der Waals surface area contributed by atoms with Crippen molar-refractivity contribution in [2.75, 3.05) is 23.7 Å². The largest absolute Gasteiger partial charge is 0.339 e. The molecule has 1 fully saturated rings. The Hall–Kier alpha value is -4.01. The monoisotopic (exact) mass is 431 g/mol. The molecule has 3 aromatic rings. The van der Waals surface area contributed by atoms with Crippen molar-refractivity contribution in [2.24, 2.45) is 0 Å². The third-order valence-electron chi connectivity index (χ3n) is 5.47. The number of carbonyl (C=O) groups excluding carboxylic acids is 2. The van der Waals surface area contributed by atoms with Crippen molar-refractivity contribution in [3.05, 3.63) is 61.5 Å². The Balaban J connectivity index is 1.69. The van der Waals surface area contributed by atoms with Crippen molar-refractivity contribution in [1.29, 1.82) is 0 Å². The number of imidazole rings is 1. The minimum Gasteiger partial charge on any atom is -0.339 e. The lowest BCUT2D eigenvalue weighted by atomic mass is 10.0. The van der Waals surface area contributed by atoms with E-state index < -0.39 is 0 Å². The molecular formula is C23H25N7O2. The van der Waals surface area contributed by atoms with Gasteiger partial charge in [0.2, 0.25) is 17.8 Å². The molecule has 1 aliphatic heterocycles. The molecule has 1 aromatic carbocycles. The molecule has 0 radical (unpaired) electrons. The molecule has 2 amide bonds. The van der Waals surface area contributed by atoms with Crippen LogP contribution in [-0.4, -0.2) is 49.3 Å². The van der Waals surface area contributed by atoms with Gasteiger partial charge in [0, 0.05) is 24.8 Å². The van der Waals surface area contributed by atoms with E-state index in [0.717, 1.165) is 24.1 Å². The molecule has 3 heterocycles. The van der Waals surface area contributed by atoms with E-state index >= 15 is 0 Å². The van der Waals surface area contributed by atoms with Crippen LogP contribution in [0.1, 0.15) is 24.4 Å². The average Bonchev–Trinajstić information content (AvgIpc) is 3.23. The Bertz CT molecular complexity index is 1190. The van der Waals surface area contributed by atoms with Crippen LogP contribution in [0.25, 0.3) is 11.2 Å². The molecule has 32 heavy (non-hydrogen) atoms. The predicted octanol–water partition coefficient (Wildman–Crippen LogP) is 3.35. The van der Waals surface area contributed by atoms with Gasteiger partial charge >= 0.3 is 0 Å². The van der Waals surface area contributed by atoms with Crippen molar-refractivity contribution in [1.82, 2.24) is 24.4 Å². The second kappa shape index (κ2) is 9.01. The van der Waals surface area contributed by atoms with E-state index in [4.69, 9.17) is 4.98 Å². The smallest absolute Gasteiger partial charge is 0.248 e. The Morgan fingerprint density at radius 1 is 1.16 bits per heavy atom. The van der Waals surface area contributed by atoms with Crippen LogP contribution in [0.2, 0.25) is 0 Å². The number of aryl methyl sites for hydroxylation is 1. The molecule has 1 aliphatic rings. The van der Waals surface area contributed by atoms with Gasteiger partial charge in [-0.2, -0.15) is 9.97 Å². The van der Waals surface area contributed by atoms with E-state index in [9.17, 15) is 9.59 Å². The molecule has 0 aliphatic carbocycles. The SMILES string of the molecule is C=CC(=O)Nc1nc(Nc2cccc(C)c2)nc2c1ncn2C1CCN(C(=O)C=C)CC1. The van der Waals surface area contributed by atoms with Gasteiger partial charge in [-0.25, -0.2) is 4.98 Å². The Kier molecular flexibility index (Phi) is 5.98. The summed E-state index contributed by atoms with van der Waals surface area (Å²) in [6.45, 7) is 10.3. The van der Waals surface area contributed by atoms with Crippen molar-refractivity contribution in [3.8, 4) is 0 Å². The van der Waals surface area contributed by atoms with Crippen molar-refractivity contribution < 1.29 is 9.59 Å². The summed E-state index contributed by atoms with van der Waals surface area (Å²) in [5, 5.41) is 5.94. The molecular weight excluding hydrogens is 406 g/mol. The van der Waals surface area contributed by atoms with Crippen molar-refractivity contribution >= 4 is 40.4 Å². The van der Waals surface area contributed by atoms with E-state index in [1.807, 2.05) is 35.8 Å². The number of carbonyl (C=O) groups is 2. The average molecular weight is 432 g/mol. The van der Waals surface area contributed by atoms with Gasteiger partial charge < -0.3 is 20.1 Å². The summed E-state index contributed by atoms with van der Waals surface area (Å²) in [7, 11) is 0. The Labute approximate surface area is 185 Å². The molecule has 2 N–H and O–H groups in total. The van der Waals surface area contributed by atoms with Gasteiger partial charge in [-0.05, 0) is 49.6 Å². The summed E-state index contributed by atoms with van der Waals surface area (Å²) in [4.78, 5) is 39.3. The highest BCUT2D eigenvalue weighted by atomic mass is 16.2. The molecule has 0 saturated carbocycles. The molecule has 0 spiro atoms. The van der Waals surface area contributed by atoms with E-state index in [-0.39, 0.29) is 17.9 Å². The lowest BCUT2D eigenvalue weighted by Gasteiger charge is -2.32. The first kappa shape index (κ1) is 21.2. The van der Waals surface area contributed by atoms with E-state index in [1.54, 1.807) is 11.2 Å². The summed E-state index contributed by atoms with van der Waals surface area (Å²) in [6.07, 6.45) is 5.78. The lowest BCUT2D eigenvalue weighted by molar-refractivity contribution is -0.127. The minimum atomic E-state index is -0.377. The number of amides is 2. The van der Waals surface area contributed by atoms with E-state index in [1.165, 1.54) is 12.2 Å². The quantitative estimate of drug-likeness (QED) is 0.580. The van der Waals surface area contributed by atoms with Gasteiger partial charge in [-0.1, -0.05) is 25.3 Å². The zero-order valence-electron chi connectivity index (χ0n) is 17.9. The summed E-state index contributed by atoms with van der Waals surface area (Å²) < 4.78 is 2.00. The molecule has 4 rings (SSSR count). The fourth-order valence-electron chi connectivity index (χ4n) is 3.84. The van der Waals surface area contributed by atoms with Gasteiger partial charge in [-0.15, -0.1) is 0 Å². The third kappa shape index (κ3) is 4.36. The number of piperidine rings is 1. The fourth-order valence-corrected chi connectivity index (χ4v) is 3.84. The van der Waals surface area contributed by atoms with Crippen LogP contribution in [0, 0.1) is 6.92 Å². The number of rotatable bonds is 6. The number of likely N-dealkylation sites (tertiary alicyclic amines) is 1. The Morgan fingerprint density at radius 3 is 2.62 bits per heavy atom. The van der Waals surface area contributed by atoms with Gasteiger partial charge in [0.1, 0.15) is 0 Å². The highest BCUT2D eigenvalue weighted by Crippen LogP contribution is 2.29. The summed E-state index contributed by atoms with van der Waals surface area (Å²) in [5.74, 6) is 0.231. The fraction of sp³-hybridized carbons (Fsp3) is 0.261. The number of aromatic nitrogens is 4. The van der Waals surface area contributed by atoms with Crippen molar-refractivity contribution in [3.63, 3.8) is 0 Å². The first-order chi connectivity index (χ1) is 15.5. The summed E-state index contributed by atoms with van der Waals surface area (Å²) >= 11 is 0. The number of benzene rings is 1. The molecule has 0 atom stereocenters. The number of hydrogen-bond donors (Lipinski definition) is 2. The molecule has 164 valence electrons. The van der Waals surface area contributed by atoms with Crippen LogP contribution in [-0.2, 0) is 9.59 Å². The number of nitrogens with one attached hydrogen (secondary N) is 2. The molecule has 0 bridgehead atoms. The van der Waals surface area contributed by atoms with Gasteiger partial charge in [0.15, 0.2) is 17.0 Å². The van der Waals surface area contributed by atoms with Crippen LogP contribution in [0.3, 0.4) is 0 Å².